The number of guanidine groups is 1. The van der Waals surface area contributed by atoms with E-state index in [-0.39, 0.29) is 18.1 Å². The fraction of sp³-hybridized carbons (Fsp3) is 0.389. The fourth-order valence-corrected chi connectivity index (χ4v) is 3.28. The Bertz CT molecular complexity index is 855. The molecular weight excluding hydrogens is 320 g/mol. The monoisotopic (exact) mass is 340 g/mol. The van der Waals surface area contributed by atoms with E-state index in [0.29, 0.717) is 17.2 Å². The number of amides is 1. The second-order valence-corrected chi connectivity index (χ2v) is 6.53. The molecule has 2 aliphatic rings. The molecule has 2 heterocycles. The highest BCUT2D eigenvalue weighted by Crippen LogP contribution is 2.20. The van der Waals surface area contributed by atoms with Crippen molar-refractivity contribution in [3.8, 4) is 0 Å². The summed E-state index contributed by atoms with van der Waals surface area (Å²) in [5.74, 6) is 0.257. The van der Waals surface area contributed by atoms with E-state index in [1.807, 2.05) is 18.2 Å². The normalized spacial score (nSPS) is 25.7. The number of benzene rings is 1. The Hall–Kier alpha value is -2.67. The second kappa shape index (κ2) is 6.68. The highest BCUT2D eigenvalue weighted by molar-refractivity contribution is 6.13. The molecule has 0 bridgehead atoms. The molecule has 4 rings (SSSR count). The highest BCUT2D eigenvalue weighted by Gasteiger charge is 2.24. The Balaban J connectivity index is 1.49. The van der Waals surface area contributed by atoms with Crippen LogP contribution >= 0.6 is 0 Å². The number of aliphatic hydroxyl groups excluding tert-OH is 1. The molecule has 1 aliphatic heterocycles. The molecule has 2 atom stereocenters. The summed E-state index contributed by atoms with van der Waals surface area (Å²) in [6.45, 7) is 0. The zero-order valence-electron chi connectivity index (χ0n) is 13.7. The highest BCUT2D eigenvalue weighted by atomic mass is 16.3. The zero-order chi connectivity index (χ0) is 17.2. The fourth-order valence-electron chi connectivity index (χ4n) is 3.28. The first-order valence-corrected chi connectivity index (χ1v) is 8.57. The van der Waals surface area contributed by atoms with Crippen molar-refractivity contribution in [2.24, 2.45) is 4.99 Å². The van der Waals surface area contributed by atoms with E-state index in [2.05, 4.69) is 20.6 Å². The standard InChI is InChI=1S/C18H20N4O3/c23-13-3-1-2-12(5-6-13)20-18-21-15(17(24)22-18)8-11-4-7-14-16(9-11)25-10-19-14/h4,7-10,12-13,23H,1-3,5-6H2,(H2,20,21,22,24)/b15-8-. The molecule has 0 spiro atoms. The average Bonchev–Trinajstić information content (AvgIpc) is 3.12. The molecular formula is C18H20N4O3. The molecule has 1 aliphatic carbocycles. The van der Waals surface area contributed by atoms with Gasteiger partial charge in [0.2, 0.25) is 5.96 Å². The van der Waals surface area contributed by atoms with E-state index in [0.717, 1.165) is 43.2 Å². The predicted octanol–water partition coefficient (Wildman–Crippen LogP) is 1.94. The first kappa shape index (κ1) is 15.8. The number of carbonyl (C=O) groups is 1. The van der Waals surface area contributed by atoms with Crippen LogP contribution in [-0.4, -0.2) is 34.1 Å². The SMILES string of the molecule is O=C1NC(NC2CCCC(O)CC2)=N/C1=C\c1ccc2ncoc2c1. The van der Waals surface area contributed by atoms with Crippen molar-refractivity contribution in [1.29, 1.82) is 0 Å². The maximum atomic E-state index is 12.2. The number of aromatic nitrogens is 1. The van der Waals surface area contributed by atoms with Gasteiger partial charge < -0.3 is 14.8 Å². The summed E-state index contributed by atoms with van der Waals surface area (Å²) < 4.78 is 5.28. The van der Waals surface area contributed by atoms with E-state index in [4.69, 9.17) is 4.42 Å². The number of aliphatic imine (C=N–C) groups is 1. The molecule has 0 saturated heterocycles. The lowest BCUT2D eigenvalue weighted by atomic mass is 10.1. The minimum atomic E-state index is -0.228. The van der Waals surface area contributed by atoms with Crippen molar-refractivity contribution in [3.05, 3.63) is 35.9 Å². The predicted molar refractivity (Wildman–Crippen MR) is 93.6 cm³/mol. The van der Waals surface area contributed by atoms with Crippen LogP contribution in [0.1, 0.15) is 37.7 Å². The third kappa shape index (κ3) is 3.56. The zero-order valence-corrected chi connectivity index (χ0v) is 13.7. The van der Waals surface area contributed by atoms with Crippen molar-refractivity contribution in [2.45, 2.75) is 44.2 Å². The summed E-state index contributed by atoms with van der Waals surface area (Å²) in [5, 5.41) is 15.8. The van der Waals surface area contributed by atoms with Crippen LogP contribution in [0.5, 0.6) is 0 Å². The summed E-state index contributed by atoms with van der Waals surface area (Å²) in [7, 11) is 0. The van der Waals surface area contributed by atoms with Gasteiger partial charge in [0, 0.05) is 6.04 Å². The van der Waals surface area contributed by atoms with E-state index < -0.39 is 0 Å². The smallest absolute Gasteiger partial charge is 0.276 e. The van der Waals surface area contributed by atoms with Crippen molar-refractivity contribution in [3.63, 3.8) is 0 Å². The number of oxazole rings is 1. The number of carbonyl (C=O) groups excluding carboxylic acids is 1. The van der Waals surface area contributed by atoms with Gasteiger partial charge in [-0.25, -0.2) is 9.98 Å². The van der Waals surface area contributed by atoms with Crippen molar-refractivity contribution in [1.82, 2.24) is 15.6 Å². The van der Waals surface area contributed by atoms with E-state index in [1.54, 1.807) is 6.08 Å². The third-order valence-electron chi connectivity index (χ3n) is 4.63. The van der Waals surface area contributed by atoms with Gasteiger partial charge in [-0.3, -0.25) is 10.1 Å². The van der Waals surface area contributed by atoms with Gasteiger partial charge in [0.05, 0.1) is 6.10 Å². The molecule has 7 nitrogen and oxygen atoms in total. The van der Waals surface area contributed by atoms with Gasteiger partial charge in [0.25, 0.3) is 5.91 Å². The number of fused-ring (bicyclic) bond motifs is 1. The van der Waals surface area contributed by atoms with Gasteiger partial charge in [0.15, 0.2) is 12.0 Å². The summed E-state index contributed by atoms with van der Waals surface area (Å²) in [4.78, 5) is 20.6. The molecule has 2 aromatic rings. The lowest BCUT2D eigenvalue weighted by Crippen LogP contribution is -2.42. The van der Waals surface area contributed by atoms with Crippen molar-refractivity contribution < 1.29 is 14.3 Å². The lowest BCUT2D eigenvalue weighted by Gasteiger charge is -2.16. The van der Waals surface area contributed by atoms with Crippen LogP contribution < -0.4 is 10.6 Å². The van der Waals surface area contributed by atoms with Crippen LogP contribution in [0.15, 0.2) is 39.7 Å². The number of hydrogen-bond donors (Lipinski definition) is 3. The molecule has 1 saturated carbocycles. The summed E-state index contributed by atoms with van der Waals surface area (Å²) >= 11 is 0. The molecule has 0 radical (unpaired) electrons. The lowest BCUT2D eigenvalue weighted by molar-refractivity contribution is -0.115. The van der Waals surface area contributed by atoms with Crippen LogP contribution in [0.4, 0.5) is 0 Å². The maximum absolute atomic E-state index is 12.2. The Kier molecular flexibility index (Phi) is 4.23. The molecule has 130 valence electrons. The van der Waals surface area contributed by atoms with Crippen molar-refractivity contribution >= 4 is 29.0 Å². The van der Waals surface area contributed by atoms with Crippen LogP contribution in [-0.2, 0) is 4.79 Å². The molecule has 7 heteroatoms. The number of nitrogens with one attached hydrogen (secondary N) is 2. The first-order chi connectivity index (χ1) is 12.2. The molecule has 1 aromatic carbocycles. The third-order valence-corrected chi connectivity index (χ3v) is 4.63. The Morgan fingerprint density at radius 2 is 2.20 bits per heavy atom. The number of hydrogen-bond acceptors (Lipinski definition) is 6. The topological polar surface area (TPSA) is 99.8 Å². The molecule has 25 heavy (non-hydrogen) atoms. The largest absolute Gasteiger partial charge is 0.443 e. The van der Waals surface area contributed by atoms with E-state index in [1.165, 1.54) is 6.39 Å². The van der Waals surface area contributed by atoms with Crippen LogP contribution in [0.25, 0.3) is 17.2 Å². The van der Waals surface area contributed by atoms with Gasteiger partial charge in [-0.2, -0.15) is 0 Å². The Morgan fingerprint density at radius 3 is 3.12 bits per heavy atom. The molecule has 3 N–H and O–H groups in total. The van der Waals surface area contributed by atoms with E-state index in [9.17, 15) is 9.90 Å². The number of nitrogens with zero attached hydrogens (tertiary/aromatic N) is 2. The minimum Gasteiger partial charge on any atom is -0.443 e. The van der Waals surface area contributed by atoms with Crippen LogP contribution in [0.2, 0.25) is 0 Å². The second-order valence-electron chi connectivity index (χ2n) is 6.53. The van der Waals surface area contributed by atoms with Crippen LogP contribution in [0, 0.1) is 0 Å². The van der Waals surface area contributed by atoms with Gasteiger partial charge >= 0.3 is 0 Å². The quantitative estimate of drug-likeness (QED) is 0.573. The van der Waals surface area contributed by atoms with Crippen LogP contribution in [0.3, 0.4) is 0 Å². The molecule has 2 unspecified atom stereocenters. The molecule has 1 fully saturated rings. The van der Waals surface area contributed by atoms with E-state index >= 15 is 0 Å². The molecule has 1 aromatic heterocycles. The number of aliphatic hydroxyl groups is 1. The molecule has 1 amide bonds. The van der Waals surface area contributed by atoms with Gasteiger partial charge in [0.1, 0.15) is 11.2 Å². The van der Waals surface area contributed by atoms with Gasteiger partial charge in [-0.15, -0.1) is 0 Å². The summed E-state index contributed by atoms with van der Waals surface area (Å²) in [6, 6.07) is 5.77. The van der Waals surface area contributed by atoms with Gasteiger partial charge in [-0.1, -0.05) is 6.07 Å². The van der Waals surface area contributed by atoms with Crippen molar-refractivity contribution in [2.75, 3.05) is 0 Å². The maximum Gasteiger partial charge on any atom is 0.276 e. The summed E-state index contributed by atoms with van der Waals surface area (Å²) in [5.41, 5.74) is 2.64. The Morgan fingerprint density at radius 1 is 1.28 bits per heavy atom. The Labute approximate surface area is 144 Å². The average molecular weight is 340 g/mol. The minimum absolute atomic E-state index is 0.214. The summed E-state index contributed by atoms with van der Waals surface area (Å²) in [6.07, 6.45) is 7.33. The van der Waals surface area contributed by atoms with Gasteiger partial charge in [-0.05, 0) is 55.9 Å². The number of rotatable bonds is 2. The first-order valence-electron chi connectivity index (χ1n) is 8.57.